The van der Waals surface area contributed by atoms with Gasteiger partial charge in [0.25, 0.3) is 0 Å². The Morgan fingerprint density at radius 2 is 2.29 bits per heavy atom. The van der Waals surface area contributed by atoms with Crippen molar-refractivity contribution in [2.24, 2.45) is 5.92 Å². The average Bonchev–Trinajstić information content (AvgIpc) is 2.61. The molecule has 0 bridgehead atoms. The molecule has 2 N–H and O–H groups in total. The normalized spacial score (nSPS) is 23.6. The smallest absolute Gasteiger partial charge is 0.133 e. The van der Waals surface area contributed by atoms with Crippen LogP contribution in [0, 0.1) is 5.92 Å². The van der Waals surface area contributed by atoms with Gasteiger partial charge >= 0.3 is 0 Å². The molecule has 92 valence electrons. The lowest BCUT2D eigenvalue weighted by molar-refractivity contribution is -0.0320. The second-order valence-electron chi connectivity index (χ2n) is 4.84. The zero-order valence-electron chi connectivity index (χ0n) is 10.1. The molecule has 0 radical (unpaired) electrons. The number of ether oxygens (including phenoxy) is 2. The standard InChI is InChI=1S/C13H18N2O2/c1-16-13-4-10-2-3-11(14)5-12(10)15(13)6-9-7-17-8-9/h2-3,5,9,13H,4,6-8,14H2,1H3. The van der Waals surface area contributed by atoms with Gasteiger partial charge in [0.05, 0.1) is 13.2 Å². The topological polar surface area (TPSA) is 47.7 Å². The van der Waals surface area contributed by atoms with E-state index in [1.54, 1.807) is 7.11 Å². The van der Waals surface area contributed by atoms with Crippen LogP contribution in [0.4, 0.5) is 11.4 Å². The number of hydrogen-bond acceptors (Lipinski definition) is 4. The highest BCUT2D eigenvalue weighted by Gasteiger charge is 2.32. The Morgan fingerprint density at radius 1 is 1.47 bits per heavy atom. The van der Waals surface area contributed by atoms with E-state index in [0.29, 0.717) is 5.92 Å². The molecule has 1 saturated heterocycles. The number of nitrogen functional groups attached to an aromatic ring is 1. The van der Waals surface area contributed by atoms with Crippen molar-refractivity contribution in [3.05, 3.63) is 23.8 Å². The Balaban J connectivity index is 1.86. The second kappa shape index (κ2) is 4.20. The zero-order chi connectivity index (χ0) is 11.8. The summed E-state index contributed by atoms with van der Waals surface area (Å²) in [6.07, 6.45) is 1.09. The Labute approximate surface area is 101 Å². The maximum Gasteiger partial charge on any atom is 0.133 e. The van der Waals surface area contributed by atoms with Gasteiger partial charge in [-0.25, -0.2) is 0 Å². The summed E-state index contributed by atoms with van der Waals surface area (Å²) < 4.78 is 10.8. The van der Waals surface area contributed by atoms with Crippen LogP contribution in [0.15, 0.2) is 18.2 Å². The predicted molar refractivity (Wildman–Crippen MR) is 67.0 cm³/mol. The van der Waals surface area contributed by atoms with Crippen LogP contribution < -0.4 is 10.6 Å². The molecule has 1 unspecified atom stereocenters. The van der Waals surface area contributed by atoms with Crippen molar-refractivity contribution in [1.29, 1.82) is 0 Å². The maximum absolute atomic E-state index is 5.87. The first-order valence-electron chi connectivity index (χ1n) is 6.03. The van der Waals surface area contributed by atoms with Gasteiger partial charge in [0.2, 0.25) is 0 Å². The second-order valence-corrected chi connectivity index (χ2v) is 4.84. The molecule has 0 aromatic heterocycles. The van der Waals surface area contributed by atoms with Crippen LogP contribution in [-0.4, -0.2) is 33.1 Å². The number of hydrogen-bond donors (Lipinski definition) is 1. The molecule has 0 spiro atoms. The van der Waals surface area contributed by atoms with Gasteiger partial charge in [-0.15, -0.1) is 0 Å². The molecular weight excluding hydrogens is 216 g/mol. The Bertz CT molecular complexity index is 418. The lowest BCUT2D eigenvalue weighted by atomic mass is 10.1. The highest BCUT2D eigenvalue weighted by Crippen LogP contribution is 2.35. The van der Waals surface area contributed by atoms with Gasteiger partial charge in [0.1, 0.15) is 6.23 Å². The van der Waals surface area contributed by atoms with Crippen molar-refractivity contribution >= 4 is 11.4 Å². The molecule has 4 heteroatoms. The van der Waals surface area contributed by atoms with Gasteiger partial charge in [0, 0.05) is 37.4 Å². The predicted octanol–water partition coefficient (Wildman–Crippen LogP) is 1.25. The first-order valence-corrected chi connectivity index (χ1v) is 6.03. The van der Waals surface area contributed by atoms with E-state index in [1.807, 2.05) is 12.1 Å². The molecular formula is C13H18N2O2. The third kappa shape index (κ3) is 1.87. The van der Waals surface area contributed by atoms with Crippen molar-refractivity contribution in [3.8, 4) is 0 Å². The van der Waals surface area contributed by atoms with Crippen molar-refractivity contribution in [2.45, 2.75) is 12.6 Å². The fraction of sp³-hybridized carbons (Fsp3) is 0.538. The number of rotatable bonds is 3. The summed E-state index contributed by atoms with van der Waals surface area (Å²) in [5.74, 6) is 0.625. The molecule has 2 aliphatic rings. The molecule has 1 aromatic rings. The third-order valence-corrected chi connectivity index (χ3v) is 3.60. The summed E-state index contributed by atoms with van der Waals surface area (Å²) in [4.78, 5) is 2.32. The molecule has 0 saturated carbocycles. The Morgan fingerprint density at radius 3 is 2.94 bits per heavy atom. The summed E-state index contributed by atoms with van der Waals surface area (Å²) >= 11 is 0. The van der Waals surface area contributed by atoms with Gasteiger partial charge in [-0.1, -0.05) is 6.07 Å². The van der Waals surface area contributed by atoms with Crippen molar-refractivity contribution < 1.29 is 9.47 Å². The fourth-order valence-corrected chi connectivity index (χ4v) is 2.57. The van der Waals surface area contributed by atoms with Crippen LogP contribution in [-0.2, 0) is 15.9 Å². The number of nitrogens with two attached hydrogens (primary N) is 1. The van der Waals surface area contributed by atoms with E-state index in [2.05, 4.69) is 11.0 Å². The Kier molecular flexibility index (Phi) is 2.68. The molecule has 4 nitrogen and oxygen atoms in total. The first-order chi connectivity index (χ1) is 8.28. The monoisotopic (exact) mass is 234 g/mol. The summed E-state index contributed by atoms with van der Waals surface area (Å²) in [5, 5.41) is 0. The van der Waals surface area contributed by atoms with E-state index in [1.165, 1.54) is 11.3 Å². The molecule has 0 amide bonds. The highest BCUT2D eigenvalue weighted by atomic mass is 16.5. The molecule has 2 aliphatic heterocycles. The molecule has 1 aromatic carbocycles. The lowest BCUT2D eigenvalue weighted by Gasteiger charge is -2.34. The average molecular weight is 234 g/mol. The van der Waals surface area contributed by atoms with Gasteiger partial charge in [0.15, 0.2) is 0 Å². The van der Waals surface area contributed by atoms with Crippen molar-refractivity contribution in [1.82, 2.24) is 0 Å². The van der Waals surface area contributed by atoms with E-state index >= 15 is 0 Å². The minimum atomic E-state index is 0.146. The maximum atomic E-state index is 5.87. The minimum absolute atomic E-state index is 0.146. The number of methoxy groups -OCH3 is 1. The lowest BCUT2D eigenvalue weighted by Crippen LogP contribution is -2.43. The van der Waals surface area contributed by atoms with Crippen molar-refractivity contribution in [2.75, 3.05) is 37.5 Å². The van der Waals surface area contributed by atoms with E-state index < -0.39 is 0 Å². The summed E-state index contributed by atoms with van der Waals surface area (Å²) in [6.45, 7) is 2.73. The highest BCUT2D eigenvalue weighted by molar-refractivity contribution is 5.65. The molecule has 0 aliphatic carbocycles. The minimum Gasteiger partial charge on any atom is -0.399 e. The summed E-state index contributed by atoms with van der Waals surface area (Å²) in [6, 6.07) is 6.11. The van der Waals surface area contributed by atoms with Gasteiger partial charge in [-0.2, -0.15) is 0 Å². The van der Waals surface area contributed by atoms with Crippen LogP contribution >= 0.6 is 0 Å². The van der Waals surface area contributed by atoms with E-state index in [4.69, 9.17) is 15.2 Å². The molecule has 3 rings (SSSR count). The number of fused-ring (bicyclic) bond motifs is 1. The SMILES string of the molecule is COC1Cc2ccc(N)cc2N1CC1COC1. The molecule has 1 atom stereocenters. The third-order valence-electron chi connectivity index (χ3n) is 3.60. The van der Waals surface area contributed by atoms with Crippen LogP contribution in [0.1, 0.15) is 5.56 Å². The molecule has 1 fully saturated rings. The number of nitrogens with zero attached hydrogens (tertiary/aromatic N) is 1. The largest absolute Gasteiger partial charge is 0.399 e. The van der Waals surface area contributed by atoms with E-state index in [0.717, 1.165) is 31.9 Å². The first kappa shape index (κ1) is 10.9. The fourth-order valence-electron chi connectivity index (χ4n) is 2.57. The molecule has 17 heavy (non-hydrogen) atoms. The van der Waals surface area contributed by atoms with Gasteiger partial charge in [-0.05, 0) is 17.7 Å². The Hall–Kier alpha value is -1.26. The van der Waals surface area contributed by atoms with Crippen molar-refractivity contribution in [3.63, 3.8) is 0 Å². The molecule has 2 heterocycles. The summed E-state index contributed by atoms with van der Waals surface area (Å²) in [7, 11) is 1.77. The van der Waals surface area contributed by atoms with E-state index in [9.17, 15) is 0 Å². The van der Waals surface area contributed by atoms with Crippen LogP contribution in [0.25, 0.3) is 0 Å². The van der Waals surface area contributed by atoms with Gasteiger partial charge in [-0.3, -0.25) is 0 Å². The van der Waals surface area contributed by atoms with Crippen LogP contribution in [0.5, 0.6) is 0 Å². The zero-order valence-corrected chi connectivity index (χ0v) is 10.1. The van der Waals surface area contributed by atoms with Crippen LogP contribution in [0.3, 0.4) is 0 Å². The summed E-state index contributed by atoms with van der Waals surface area (Å²) in [5.41, 5.74) is 9.23. The number of anilines is 2. The number of benzene rings is 1. The van der Waals surface area contributed by atoms with Gasteiger partial charge < -0.3 is 20.1 Å². The quantitative estimate of drug-likeness (QED) is 0.800. The van der Waals surface area contributed by atoms with Crippen LogP contribution in [0.2, 0.25) is 0 Å². The van der Waals surface area contributed by atoms with E-state index in [-0.39, 0.29) is 6.23 Å².